The molecule has 5 amide bonds. The average Bonchev–Trinajstić information content (AvgIpc) is 3.68. The fraction of sp³-hybridized carbons (Fsp3) is 0.339. The van der Waals surface area contributed by atoms with Gasteiger partial charge in [-0.2, -0.15) is 0 Å². The number of fused-ring (bicyclic) bond motifs is 2. The zero-order valence-electron chi connectivity index (χ0n) is 42.2. The molecule has 15 nitrogen and oxygen atoms in total. The number of phenolic OH excluding ortho intramolecular Hbond substituents is 1. The van der Waals surface area contributed by atoms with Gasteiger partial charge in [0.15, 0.2) is 9.84 Å². The lowest BCUT2D eigenvalue weighted by molar-refractivity contribution is -0.136. The van der Waals surface area contributed by atoms with Crippen molar-refractivity contribution in [1.29, 1.82) is 0 Å². The first kappa shape index (κ1) is 50.9. The second-order valence-electron chi connectivity index (χ2n) is 20.0. The molecular weight excluding hydrogens is 971 g/mol. The van der Waals surface area contributed by atoms with Crippen molar-refractivity contribution in [2.45, 2.75) is 75.3 Å². The molecule has 0 saturated carbocycles. The normalized spacial score (nSPS) is 17.8. The highest BCUT2D eigenvalue weighted by Crippen LogP contribution is 2.42. The maximum atomic E-state index is 13.7. The van der Waals surface area contributed by atoms with Gasteiger partial charge >= 0.3 is 0 Å². The summed E-state index contributed by atoms with van der Waals surface area (Å²) in [6.07, 6.45) is 7.59. The summed E-state index contributed by atoms with van der Waals surface area (Å²) in [7, 11) is -3.36. The van der Waals surface area contributed by atoms with Gasteiger partial charge < -0.3 is 29.3 Å². The number of phenols is 1. The molecule has 16 heteroatoms. The van der Waals surface area contributed by atoms with Crippen molar-refractivity contribution < 1.29 is 47.0 Å². The Labute approximate surface area is 436 Å². The Morgan fingerprint density at radius 3 is 2.19 bits per heavy atom. The molecule has 0 spiro atoms. The van der Waals surface area contributed by atoms with E-state index >= 15 is 0 Å². The van der Waals surface area contributed by atoms with E-state index in [0.717, 1.165) is 97.2 Å². The molecule has 10 rings (SSSR count). The van der Waals surface area contributed by atoms with Crippen LogP contribution in [-0.4, -0.2) is 122 Å². The molecule has 3 saturated heterocycles. The smallest absolute Gasteiger partial charge is 0.264 e. The Bertz CT molecular complexity index is 3260. The van der Waals surface area contributed by atoms with E-state index in [-0.39, 0.29) is 29.4 Å². The molecular formula is C59H61N5O10S. The lowest BCUT2D eigenvalue weighted by Crippen LogP contribution is -2.54. The predicted octanol–water partition coefficient (Wildman–Crippen LogP) is 8.66. The molecule has 4 aliphatic rings. The topological polar surface area (TPSA) is 183 Å². The molecule has 0 aliphatic carbocycles. The minimum Gasteiger partial charge on any atom is -0.508 e. The number of ether oxygens (including phenoxy) is 2. The van der Waals surface area contributed by atoms with Crippen LogP contribution in [0.3, 0.4) is 0 Å². The minimum atomic E-state index is -3.36. The van der Waals surface area contributed by atoms with Gasteiger partial charge in [0.05, 0.1) is 28.3 Å². The number of aromatic hydroxyl groups is 1. The Kier molecular flexibility index (Phi) is 14.8. The summed E-state index contributed by atoms with van der Waals surface area (Å²) >= 11 is 0. The largest absolute Gasteiger partial charge is 0.508 e. The van der Waals surface area contributed by atoms with Crippen molar-refractivity contribution in [2.24, 2.45) is 5.92 Å². The van der Waals surface area contributed by atoms with Gasteiger partial charge in [-0.3, -0.25) is 34.2 Å². The number of amides is 5. The number of carbonyl (C=O) groups excluding carboxylic acids is 5. The molecule has 1 atom stereocenters. The molecule has 0 bridgehead atoms. The highest BCUT2D eigenvalue weighted by molar-refractivity contribution is 7.90. The van der Waals surface area contributed by atoms with Crippen LogP contribution in [0.5, 0.6) is 23.0 Å². The number of benzene rings is 6. The van der Waals surface area contributed by atoms with Gasteiger partial charge in [0.1, 0.15) is 35.6 Å². The van der Waals surface area contributed by atoms with Gasteiger partial charge in [0.25, 0.3) is 17.7 Å². The van der Waals surface area contributed by atoms with Crippen molar-refractivity contribution in [3.8, 4) is 34.1 Å². The predicted molar refractivity (Wildman–Crippen MR) is 285 cm³/mol. The fourth-order valence-corrected chi connectivity index (χ4v) is 11.7. The number of rotatable bonds is 16. The van der Waals surface area contributed by atoms with E-state index in [1.54, 1.807) is 59.5 Å². The number of nitrogens with zero attached hydrogens (tertiary/aromatic N) is 4. The van der Waals surface area contributed by atoms with Gasteiger partial charge in [-0.05, 0) is 172 Å². The van der Waals surface area contributed by atoms with E-state index in [0.29, 0.717) is 65.6 Å². The van der Waals surface area contributed by atoms with Crippen molar-refractivity contribution >= 4 is 55.8 Å². The van der Waals surface area contributed by atoms with Crippen molar-refractivity contribution in [3.63, 3.8) is 0 Å². The Morgan fingerprint density at radius 1 is 0.773 bits per heavy atom. The molecule has 0 aromatic heterocycles. The van der Waals surface area contributed by atoms with E-state index in [4.69, 9.17) is 9.47 Å². The summed E-state index contributed by atoms with van der Waals surface area (Å²) in [5.74, 6) is 0.488. The second kappa shape index (κ2) is 21.7. The third-order valence-corrected chi connectivity index (χ3v) is 16.5. The Hall–Kier alpha value is -7.56. The third-order valence-electron chi connectivity index (χ3n) is 15.3. The van der Waals surface area contributed by atoms with Crippen LogP contribution >= 0.6 is 0 Å². The number of anilines is 1. The molecule has 3 fully saturated rings. The van der Waals surface area contributed by atoms with Crippen LogP contribution in [0.4, 0.5) is 5.69 Å². The van der Waals surface area contributed by atoms with Crippen LogP contribution in [-0.2, 0) is 25.8 Å². The molecule has 0 radical (unpaired) electrons. The number of likely N-dealkylation sites (N-methyl/N-ethyl adjacent to an activating group) is 1. The van der Waals surface area contributed by atoms with Crippen LogP contribution < -0.4 is 19.7 Å². The van der Waals surface area contributed by atoms with Crippen LogP contribution in [0.25, 0.3) is 21.9 Å². The lowest BCUT2D eigenvalue weighted by Gasteiger charge is -2.42. The molecule has 6 aromatic carbocycles. The van der Waals surface area contributed by atoms with Gasteiger partial charge in [-0.1, -0.05) is 36.4 Å². The zero-order valence-corrected chi connectivity index (χ0v) is 43.0. The molecule has 6 aromatic rings. The average molecular weight is 1030 g/mol. The number of imide groups is 2. The number of aryl methyl sites for hydroxylation is 1. The van der Waals surface area contributed by atoms with Crippen LogP contribution in [0.15, 0.2) is 126 Å². The molecule has 388 valence electrons. The molecule has 4 aliphatic heterocycles. The lowest BCUT2D eigenvalue weighted by atomic mass is 9.88. The summed E-state index contributed by atoms with van der Waals surface area (Å²) < 4.78 is 36.8. The van der Waals surface area contributed by atoms with Crippen LogP contribution in [0.1, 0.15) is 88.5 Å². The maximum Gasteiger partial charge on any atom is 0.264 e. The molecule has 4 heterocycles. The van der Waals surface area contributed by atoms with E-state index in [1.165, 1.54) is 11.8 Å². The van der Waals surface area contributed by atoms with Gasteiger partial charge in [0, 0.05) is 54.9 Å². The first-order valence-electron chi connectivity index (χ1n) is 25.9. The van der Waals surface area contributed by atoms with Gasteiger partial charge in [0.2, 0.25) is 11.8 Å². The van der Waals surface area contributed by atoms with E-state index in [1.807, 2.05) is 61.5 Å². The number of likely N-dealkylation sites (tertiary alicyclic amines) is 1. The van der Waals surface area contributed by atoms with E-state index < -0.39 is 39.5 Å². The number of hydrogen-bond donors (Lipinski definition) is 2. The highest BCUT2D eigenvalue weighted by Gasteiger charge is 2.46. The number of carbonyl (C=O) groups is 5. The monoisotopic (exact) mass is 1030 g/mol. The Balaban J connectivity index is 0.665. The minimum absolute atomic E-state index is 0.0486. The van der Waals surface area contributed by atoms with E-state index in [9.17, 15) is 37.5 Å². The number of hydrogen-bond acceptors (Lipinski definition) is 12. The summed E-state index contributed by atoms with van der Waals surface area (Å²) in [6.45, 7) is 6.80. The number of sulfone groups is 1. The summed E-state index contributed by atoms with van der Waals surface area (Å²) in [6, 6.07) is 35.5. The number of nitrogens with one attached hydrogen (secondary N) is 1. The second-order valence-corrected chi connectivity index (χ2v) is 22.0. The van der Waals surface area contributed by atoms with Crippen LogP contribution in [0, 0.1) is 5.92 Å². The number of piperidine rings is 3. The summed E-state index contributed by atoms with van der Waals surface area (Å²) in [5.41, 5.74) is 4.78. The first-order chi connectivity index (χ1) is 36.2. The van der Waals surface area contributed by atoms with Gasteiger partial charge in [-0.15, -0.1) is 0 Å². The summed E-state index contributed by atoms with van der Waals surface area (Å²) in [5, 5.41) is 14.0. The van der Waals surface area contributed by atoms with E-state index in [2.05, 4.69) is 27.2 Å². The Morgan fingerprint density at radius 2 is 1.49 bits per heavy atom. The molecule has 75 heavy (non-hydrogen) atoms. The van der Waals surface area contributed by atoms with Crippen molar-refractivity contribution in [1.82, 2.24) is 20.0 Å². The molecule has 1 unspecified atom stereocenters. The van der Waals surface area contributed by atoms with Crippen LogP contribution in [0.2, 0.25) is 0 Å². The SMILES string of the molecule is CCN(CCOc1ccc(Oc2c(-c3ccc(S(C)(=O)=O)cc3)ccc3cc(O)ccc23)cc1)C(=O)c1ccc(CCC2CCN(C3CCN(c4cccc5c4C(=O)N(C4CCC(=O)NC4=O)C5=O)CC3)CC2)cc1. The van der Waals surface area contributed by atoms with Crippen molar-refractivity contribution in [2.75, 3.05) is 57.0 Å². The van der Waals surface area contributed by atoms with Gasteiger partial charge in [-0.25, -0.2) is 8.42 Å². The molecule has 2 N–H and O–H groups in total. The van der Waals surface area contributed by atoms with Crippen molar-refractivity contribution in [3.05, 3.63) is 144 Å². The maximum absolute atomic E-state index is 13.7. The quantitative estimate of drug-likeness (QED) is 0.0882. The summed E-state index contributed by atoms with van der Waals surface area (Å²) in [4.78, 5) is 73.0. The fourth-order valence-electron chi connectivity index (χ4n) is 11.1. The first-order valence-corrected chi connectivity index (χ1v) is 27.8. The third kappa shape index (κ3) is 11.0. The standard InChI is InChI=1S/C59H61N5O10S/c1-3-61(35-36-73-45-17-19-46(20-18-45)74-55-48(23-15-42-37-44(65)16-24-49(42)55)40-13-21-47(22-14-40)75(2,71)72)57(68)41-11-9-38(10-12-41)7-8-39-27-31-62(32-28-39)43-29-33-63(34-30-43)51-6-4-5-50-54(51)59(70)64(58(50)69)52-25-26-53(66)60-56(52)67/h4-6,9-24,37,39,43,52,65H,3,7-8,25-36H2,1-2H3,(H,60,66,67). The zero-order chi connectivity index (χ0) is 52.4. The highest BCUT2D eigenvalue weighted by atomic mass is 32.2.